The van der Waals surface area contributed by atoms with Crippen molar-refractivity contribution in [3.8, 4) is 10.6 Å². The van der Waals surface area contributed by atoms with Crippen molar-refractivity contribution in [3.63, 3.8) is 0 Å². The van der Waals surface area contributed by atoms with Gasteiger partial charge in [0.2, 0.25) is 0 Å². The van der Waals surface area contributed by atoms with Crippen LogP contribution in [0.1, 0.15) is 12.8 Å². The number of hydrogen-bond acceptors (Lipinski definition) is 5. The molecule has 0 saturated carbocycles. The highest BCUT2D eigenvalue weighted by molar-refractivity contribution is 7.13. The zero-order chi connectivity index (χ0) is 13.2. The highest BCUT2D eigenvalue weighted by Crippen LogP contribution is 2.27. The quantitative estimate of drug-likeness (QED) is 0.930. The molecule has 2 aromatic rings. The Morgan fingerprint density at radius 2 is 2.37 bits per heavy atom. The monoisotopic (exact) mass is 275 g/mol. The van der Waals surface area contributed by atoms with E-state index in [0.717, 1.165) is 23.5 Å². The summed E-state index contributed by atoms with van der Waals surface area (Å²) in [6.07, 6.45) is 4.89. The first kappa shape index (κ1) is 12.1. The normalized spacial score (nSPS) is 18.7. The van der Waals surface area contributed by atoms with Gasteiger partial charge in [-0.2, -0.15) is 0 Å². The van der Waals surface area contributed by atoms with E-state index in [2.05, 4.69) is 9.97 Å². The van der Waals surface area contributed by atoms with Crippen molar-refractivity contribution >= 4 is 23.1 Å². The summed E-state index contributed by atoms with van der Waals surface area (Å²) in [6, 6.07) is 3.47. The van der Waals surface area contributed by atoms with E-state index in [4.69, 9.17) is 0 Å². The van der Waals surface area contributed by atoms with Gasteiger partial charge in [-0.05, 0) is 24.3 Å². The third-order valence-electron chi connectivity index (χ3n) is 3.23. The molecule has 3 rings (SSSR count). The van der Waals surface area contributed by atoms with E-state index in [-0.39, 0.29) is 0 Å². The van der Waals surface area contributed by atoms with Gasteiger partial charge in [-0.1, -0.05) is 6.07 Å². The summed E-state index contributed by atoms with van der Waals surface area (Å²) >= 11 is 1.60. The number of carboxylic acid groups (broad SMARTS) is 1. The minimum absolute atomic E-state index is 0.479. The Hall–Kier alpha value is -1.95. The Balaban J connectivity index is 1.93. The molecule has 0 aliphatic carbocycles. The van der Waals surface area contributed by atoms with Crippen molar-refractivity contribution < 1.29 is 9.90 Å². The van der Waals surface area contributed by atoms with E-state index in [1.165, 1.54) is 0 Å². The first-order valence-corrected chi connectivity index (χ1v) is 6.99. The third-order valence-corrected chi connectivity index (χ3v) is 4.12. The van der Waals surface area contributed by atoms with E-state index in [0.29, 0.717) is 12.2 Å². The molecule has 0 unspecified atom stereocenters. The minimum Gasteiger partial charge on any atom is -0.480 e. The molecular formula is C13H13N3O2S. The van der Waals surface area contributed by atoms with Crippen molar-refractivity contribution in [3.05, 3.63) is 29.9 Å². The third kappa shape index (κ3) is 2.31. The Morgan fingerprint density at radius 1 is 1.47 bits per heavy atom. The summed E-state index contributed by atoms with van der Waals surface area (Å²) < 4.78 is 0. The molecule has 1 N–H and O–H groups in total. The molecule has 6 heteroatoms. The fourth-order valence-electron chi connectivity index (χ4n) is 2.33. The second-order valence-electron chi connectivity index (χ2n) is 4.43. The lowest BCUT2D eigenvalue weighted by Gasteiger charge is -2.22. The molecule has 5 nitrogen and oxygen atoms in total. The van der Waals surface area contributed by atoms with Crippen LogP contribution in [0.15, 0.2) is 29.9 Å². The summed E-state index contributed by atoms with van der Waals surface area (Å²) in [5, 5.41) is 11.2. The first-order valence-electron chi connectivity index (χ1n) is 6.11. The Kier molecular flexibility index (Phi) is 3.16. The second-order valence-corrected chi connectivity index (χ2v) is 5.38. The number of anilines is 1. The summed E-state index contributed by atoms with van der Waals surface area (Å²) in [5.41, 5.74) is 0.795. The van der Waals surface area contributed by atoms with Gasteiger partial charge >= 0.3 is 5.97 Å². The van der Waals surface area contributed by atoms with Gasteiger partial charge in [-0.15, -0.1) is 11.3 Å². The van der Waals surface area contributed by atoms with Crippen LogP contribution >= 0.6 is 11.3 Å². The highest BCUT2D eigenvalue weighted by atomic mass is 32.1. The largest absolute Gasteiger partial charge is 0.480 e. The molecule has 0 radical (unpaired) electrons. The number of carbonyl (C=O) groups is 1. The van der Waals surface area contributed by atoms with Crippen molar-refractivity contribution in [2.75, 3.05) is 11.4 Å². The van der Waals surface area contributed by atoms with Crippen LogP contribution in [-0.4, -0.2) is 33.6 Å². The summed E-state index contributed by atoms with van der Waals surface area (Å²) in [7, 11) is 0. The van der Waals surface area contributed by atoms with Crippen molar-refractivity contribution in [2.45, 2.75) is 18.9 Å². The second kappa shape index (κ2) is 4.97. The van der Waals surface area contributed by atoms with Crippen LogP contribution in [0.25, 0.3) is 10.6 Å². The molecule has 2 aromatic heterocycles. The van der Waals surface area contributed by atoms with Gasteiger partial charge in [-0.3, -0.25) is 4.98 Å². The van der Waals surface area contributed by atoms with Crippen LogP contribution in [0.4, 0.5) is 5.82 Å². The van der Waals surface area contributed by atoms with Crippen molar-refractivity contribution in [1.29, 1.82) is 0 Å². The van der Waals surface area contributed by atoms with Gasteiger partial charge in [0.25, 0.3) is 0 Å². The maximum Gasteiger partial charge on any atom is 0.326 e. The number of rotatable bonds is 3. The summed E-state index contributed by atoms with van der Waals surface area (Å²) in [4.78, 5) is 22.8. The number of aromatic nitrogens is 2. The van der Waals surface area contributed by atoms with Crippen molar-refractivity contribution in [1.82, 2.24) is 9.97 Å². The lowest BCUT2D eigenvalue weighted by atomic mass is 10.2. The summed E-state index contributed by atoms with van der Waals surface area (Å²) in [6.45, 7) is 0.722. The van der Waals surface area contributed by atoms with Crippen LogP contribution in [0.2, 0.25) is 0 Å². The molecule has 1 aliphatic heterocycles. The SMILES string of the molecule is O=C(O)[C@H]1CCCN1c1cncc(-c2cccs2)n1. The number of thiophene rings is 1. The van der Waals surface area contributed by atoms with Gasteiger partial charge in [-0.25, -0.2) is 9.78 Å². The lowest BCUT2D eigenvalue weighted by molar-refractivity contribution is -0.138. The predicted molar refractivity (Wildman–Crippen MR) is 73.3 cm³/mol. The molecule has 3 heterocycles. The topological polar surface area (TPSA) is 66.3 Å². The number of hydrogen-bond donors (Lipinski definition) is 1. The maximum absolute atomic E-state index is 11.2. The van der Waals surface area contributed by atoms with E-state index in [1.807, 2.05) is 22.4 Å². The van der Waals surface area contributed by atoms with E-state index in [9.17, 15) is 9.90 Å². The number of nitrogens with zero attached hydrogens (tertiary/aromatic N) is 3. The predicted octanol–water partition coefficient (Wildman–Crippen LogP) is 2.26. The number of carboxylic acids is 1. The standard InChI is InChI=1S/C13H13N3O2S/c17-13(18)10-3-1-5-16(10)12-8-14-7-9(15-12)11-4-2-6-19-11/h2,4,6-8,10H,1,3,5H2,(H,17,18)/t10-/m1/s1. The zero-order valence-electron chi connectivity index (χ0n) is 10.2. The van der Waals surface area contributed by atoms with E-state index in [1.54, 1.807) is 23.7 Å². The lowest BCUT2D eigenvalue weighted by Crippen LogP contribution is -2.36. The fraction of sp³-hybridized carbons (Fsp3) is 0.308. The molecule has 1 atom stereocenters. The Morgan fingerprint density at radius 3 is 3.11 bits per heavy atom. The maximum atomic E-state index is 11.2. The van der Waals surface area contributed by atoms with Gasteiger partial charge < -0.3 is 10.0 Å². The summed E-state index contributed by atoms with van der Waals surface area (Å²) in [5.74, 6) is -0.142. The van der Waals surface area contributed by atoms with Gasteiger partial charge in [0.15, 0.2) is 0 Å². The minimum atomic E-state index is -0.791. The van der Waals surface area contributed by atoms with E-state index >= 15 is 0 Å². The van der Waals surface area contributed by atoms with Crippen LogP contribution in [0.5, 0.6) is 0 Å². The van der Waals surface area contributed by atoms with Crippen molar-refractivity contribution in [2.24, 2.45) is 0 Å². The zero-order valence-corrected chi connectivity index (χ0v) is 11.0. The Bertz CT molecular complexity index is 585. The number of aliphatic carboxylic acids is 1. The molecule has 1 aliphatic rings. The van der Waals surface area contributed by atoms with Gasteiger partial charge in [0, 0.05) is 6.54 Å². The van der Waals surface area contributed by atoms with Gasteiger partial charge in [0.1, 0.15) is 17.6 Å². The molecule has 0 bridgehead atoms. The molecule has 0 aromatic carbocycles. The molecule has 98 valence electrons. The molecule has 19 heavy (non-hydrogen) atoms. The van der Waals surface area contributed by atoms with Crippen LogP contribution in [-0.2, 0) is 4.79 Å². The molecule has 1 fully saturated rings. The van der Waals surface area contributed by atoms with Crippen LogP contribution in [0.3, 0.4) is 0 Å². The Labute approximate surface area is 114 Å². The fourth-order valence-corrected chi connectivity index (χ4v) is 3.01. The smallest absolute Gasteiger partial charge is 0.326 e. The molecule has 0 spiro atoms. The first-order chi connectivity index (χ1) is 9.25. The van der Waals surface area contributed by atoms with Crippen LogP contribution < -0.4 is 4.90 Å². The van der Waals surface area contributed by atoms with Gasteiger partial charge in [0.05, 0.1) is 17.3 Å². The molecular weight excluding hydrogens is 262 g/mol. The van der Waals surface area contributed by atoms with Crippen LogP contribution in [0, 0.1) is 0 Å². The molecule has 0 amide bonds. The average Bonchev–Trinajstić information content (AvgIpc) is 3.10. The average molecular weight is 275 g/mol. The molecule has 1 saturated heterocycles. The van der Waals surface area contributed by atoms with E-state index < -0.39 is 12.0 Å². The highest BCUT2D eigenvalue weighted by Gasteiger charge is 2.31.